The molecule has 0 saturated heterocycles. The van der Waals surface area contributed by atoms with Gasteiger partial charge in [-0.05, 0) is 24.6 Å². The third-order valence-electron chi connectivity index (χ3n) is 2.80. The van der Waals surface area contributed by atoms with Gasteiger partial charge in [-0.25, -0.2) is 4.79 Å². The molecule has 2 aromatic rings. The Hall–Kier alpha value is -2.43. The molecule has 0 spiro atoms. The Balaban J connectivity index is 2.30. The maximum atomic E-state index is 11.2. The quantitative estimate of drug-likeness (QED) is 0.908. The Labute approximate surface area is 111 Å². The van der Waals surface area contributed by atoms with E-state index in [1.807, 2.05) is 31.0 Å². The molecule has 0 bridgehead atoms. The van der Waals surface area contributed by atoms with Gasteiger partial charge in [-0.3, -0.25) is 9.97 Å². The highest BCUT2D eigenvalue weighted by molar-refractivity contribution is 5.94. The Morgan fingerprint density at radius 3 is 2.84 bits per heavy atom. The maximum absolute atomic E-state index is 11.2. The first kappa shape index (κ1) is 13.0. The lowest BCUT2D eigenvalue weighted by Gasteiger charge is -2.21. The van der Waals surface area contributed by atoms with Gasteiger partial charge in [0.25, 0.3) is 0 Å². The van der Waals surface area contributed by atoms with Crippen molar-refractivity contribution in [1.29, 1.82) is 0 Å². The zero-order valence-corrected chi connectivity index (χ0v) is 10.9. The van der Waals surface area contributed by atoms with Gasteiger partial charge in [-0.15, -0.1) is 0 Å². The van der Waals surface area contributed by atoms with Crippen LogP contribution in [-0.2, 0) is 6.54 Å². The largest absolute Gasteiger partial charge is 0.478 e. The number of pyridine rings is 2. The van der Waals surface area contributed by atoms with Crippen molar-refractivity contribution in [2.75, 3.05) is 11.9 Å². The molecule has 0 aromatic carbocycles. The summed E-state index contributed by atoms with van der Waals surface area (Å²) in [6.07, 6.45) is 4.88. The predicted molar refractivity (Wildman–Crippen MR) is 72.3 cm³/mol. The van der Waals surface area contributed by atoms with Crippen LogP contribution in [0.5, 0.6) is 0 Å². The minimum absolute atomic E-state index is 0.206. The molecular weight excluding hydrogens is 242 g/mol. The summed E-state index contributed by atoms with van der Waals surface area (Å²) in [5, 5.41) is 9.19. The molecule has 98 valence electrons. The molecule has 0 aliphatic carbocycles. The number of aryl methyl sites for hydroxylation is 1. The van der Waals surface area contributed by atoms with Crippen molar-refractivity contribution in [2.45, 2.75) is 13.5 Å². The molecule has 2 rings (SSSR count). The van der Waals surface area contributed by atoms with E-state index in [2.05, 4.69) is 9.97 Å². The van der Waals surface area contributed by atoms with Gasteiger partial charge in [0.2, 0.25) is 0 Å². The van der Waals surface area contributed by atoms with Crippen molar-refractivity contribution in [1.82, 2.24) is 9.97 Å². The molecule has 19 heavy (non-hydrogen) atoms. The molecule has 0 saturated carbocycles. The molecule has 2 aromatic heterocycles. The van der Waals surface area contributed by atoms with E-state index in [4.69, 9.17) is 0 Å². The van der Waals surface area contributed by atoms with E-state index in [1.54, 1.807) is 18.5 Å². The fourth-order valence-corrected chi connectivity index (χ4v) is 1.88. The number of hydrogen-bond donors (Lipinski definition) is 1. The zero-order chi connectivity index (χ0) is 13.8. The van der Waals surface area contributed by atoms with Crippen LogP contribution in [0.15, 0.2) is 36.8 Å². The van der Waals surface area contributed by atoms with E-state index in [9.17, 15) is 9.90 Å². The maximum Gasteiger partial charge on any atom is 0.339 e. The molecule has 5 heteroatoms. The predicted octanol–water partition coefficient (Wildman–Crippen LogP) is 2.12. The molecule has 0 aliphatic heterocycles. The van der Waals surface area contributed by atoms with Crippen LogP contribution in [0, 0.1) is 6.92 Å². The second-order valence-corrected chi connectivity index (χ2v) is 4.37. The first-order valence-electron chi connectivity index (χ1n) is 5.88. The van der Waals surface area contributed by atoms with Gasteiger partial charge in [0.05, 0.1) is 5.69 Å². The van der Waals surface area contributed by atoms with Crippen LogP contribution in [0.4, 0.5) is 5.69 Å². The van der Waals surface area contributed by atoms with Crippen molar-refractivity contribution in [3.63, 3.8) is 0 Å². The molecule has 0 fully saturated rings. The number of rotatable bonds is 4. The normalized spacial score (nSPS) is 10.2. The third kappa shape index (κ3) is 3.07. The van der Waals surface area contributed by atoms with Gasteiger partial charge in [0, 0.05) is 37.9 Å². The number of aromatic carboxylic acids is 1. The van der Waals surface area contributed by atoms with Crippen LogP contribution in [0.1, 0.15) is 21.6 Å². The molecule has 5 nitrogen and oxygen atoms in total. The SMILES string of the molecule is Cc1cc(N(C)Cc2cccnc2)c(C(=O)O)cn1. The van der Waals surface area contributed by atoms with Crippen LogP contribution in [-0.4, -0.2) is 28.1 Å². The van der Waals surface area contributed by atoms with Crippen molar-refractivity contribution in [3.8, 4) is 0 Å². The summed E-state index contributed by atoms with van der Waals surface area (Å²) in [6, 6.07) is 5.59. The smallest absolute Gasteiger partial charge is 0.339 e. The molecular formula is C14H15N3O2. The van der Waals surface area contributed by atoms with Gasteiger partial charge in [0.1, 0.15) is 5.56 Å². The van der Waals surface area contributed by atoms with Crippen LogP contribution in [0.3, 0.4) is 0 Å². The summed E-state index contributed by atoms with van der Waals surface area (Å²) in [7, 11) is 1.86. The monoisotopic (exact) mass is 257 g/mol. The topological polar surface area (TPSA) is 66.3 Å². The number of nitrogens with zero attached hydrogens (tertiary/aromatic N) is 3. The zero-order valence-electron chi connectivity index (χ0n) is 10.9. The Morgan fingerprint density at radius 2 is 2.21 bits per heavy atom. The van der Waals surface area contributed by atoms with Gasteiger partial charge < -0.3 is 10.0 Å². The third-order valence-corrected chi connectivity index (χ3v) is 2.80. The lowest BCUT2D eigenvalue weighted by Crippen LogP contribution is -2.20. The average Bonchev–Trinajstić information content (AvgIpc) is 2.39. The summed E-state index contributed by atoms with van der Waals surface area (Å²) in [5.41, 5.74) is 2.68. The fourth-order valence-electron chi connectivity index (χ4n) is 1.88. The molecule has 0 atom stereocenters. The van der Waals surface area contributed by atoms with Crippen LogP contribution in [0.25, 0.3) is 0 Å². The van der Waals surface area contributed by atoms with E-state index in [1.165, 1.54) is 6.20 Å². The van der Waals surface area contributed by atoms with E-state index in [0.29, 0.717) is 12.2 Å². The highest BCUT2D eigenvalue weighted by Crippen LogP contribution is 2.21. The molecule has 0 unspecified atom stereocenters. The summed E-state index contributed by atoms with van der Waals surface area (Å²) in [6.45, 7) is 2.44. The number of hydrogen-bond acceptors (Lipinski definition) is 4. The first-order chi connectivity index (χ1) is 9.08. The summed E-state index contributed by atoms with van der Waals surface area (Å²) in [5.74, 6) is -0.972. The van der Waals surface area contributed by atoms with Gasteiger partial charge in [-0.2, -0.15) is 0 Å². The number of carboxylic acid groups (broad SMARTS) is 1. The molecule has 0 radical (unpaired) electrons. The molecule has 0 aliphatic rings. The fraction of sp³-hybridized carbons (Fsp3) is 0.214. The highest BCUT2D eigenvalue weighted by Gasteiger charge is 2.14. The number of anilines is 1. The van der Waals surface area contributed by atoms with Crippen LogP contribution >= 0.6 is 0 Å². The molecule has 0 amide bonds. The van der Waals surface area contributed by atoms with E-state index >= 15 is 0 Å². The van der Waals surface area contributed by atoms with Gasteiger partial charge >= 0.3 is 5.97 Å². The summed E-state index contributed by atoms with van der Waals surface area (Å²) < 4.78 is 0. The number of carboxylic acids is 1. The van der Waals surface area contributed by atoms with E-state index in [0.717, 1.165) is 11.3 Å². The van der Waals surface area contributed by atoms with E-state index < -0.39 is 5.97 Å². The molecule has 1 N–H and O–H groups in total. The Morgan fingerprint density at radius 1 is 1.42 bits per heavy atom. The van der Waals surface area contributed by atoms with Crippen LogP contribution in [0.2, 0.25) is 0 Å². The number of aromatic nitrogens is 2. The van der Waals surface area contributed by atoms with Gasteiger partial charge in [-0.1, -0.05) is 6.07 Å². The van der Waals surface area contributed by atoms with Gasteiger partial charge in [0.15, 0.2) is 0 Å². The summed E-state index contributed by atoms with van der Waals surface area (Å²) >= 11 is 0. The standard InChI is InChI=1S/C14H15N3O2/c1-10-6-13(12(8-16-10)14(18)19)17(2)9-11-4-3-5-15-7-11/h3-8H,9H2,1-2H3,(H,18,19). The van der Waals surface area contributed by atoms with Crippen molar-refractivity contribution in [2.24, 2.45) is 0 Å². The minimum atomic E-state index is -0.972. The lowest BCUT2D eigenvalue weighted by molar-refractivity contribution is 0.0697. The molecule has 2 heterocycles. The summed E-state index contributed by atoms with van der Waals surface area (Å²) in [4.78, 5) is 21.2. The highest BCUT2D eigenvalue weighted by atomic mass is 16.4. The number of carbonyl (C=O) groups is 1. The average molecular weight is 257 g/mol. The second-order valence-electron chi connectivity index (χ2n) is 4.37. The van der Waals surface area contributed by atoms with E-state index in [-0.39, 0.29) is 5.56 Å². The van der Waals surface area contributed by atoms with Crippen molar-refractivity contribution in [3.05, 3.63) is 53.6 Å². The van der Waals surface area contributed by atoms with Crippen molar-refractivity contribution < 1.29 is 9.90 Å². The second kappa shape index (κ2) is 5.48. The lowest BCUT2D eigenvalue weighted by atomic mass is 10.1. The Kier molecular flexibility index (Phi) is 3.75. The minimum Gasteiger partial charge on any atom is -0.478 e. The van der Waals surface area contributed by atoms with Crippen LogP contribution < -0.4 is 4.90 Å². The Bertz CT molecular complexity index is 584. The van der Waals surface area contributed by atoms with Crippen molar-refractivity contribution >= 4 is 11.7 Å². The first-order valence-corrected chi connectivity index (χ1v) is 5.88.